The number of aromatic nitrogens is 2. The molecule has 1 unspecified atom stereocenters. The van der Waals surface area contributed by atoms with Crippen LogP contribution in [-0.4, -0.2) is 28.3 Å². The molecule has 3 aromatic rings. The molecule has 2 aromatic carbocycles. The van der Waals surface area contributed by atoms with Crippen molar-refractivity contribution < 1.29 is 9.84 Å². The highest BCUT2D eigenvalue weighted by atomic mass is 16.5. The smallest absolute Gasteiger partial charge is 0.138 e. The Morgan fingerprint density at radius 3 is 2.97 bits per heavy atom. The average Bonchev–Trinajstić information content (AvgIpc) is 3.31. The van der Waals surface area contributed by atoms with Gasteiger partial charge in [-0.05, 0) is 48.8 Å². The highest BCUT2D eigenvalue weighted by Crippen LogP contribution is 2.49. The van der Waals surface area contributed by atoms with Gasteiger partial charge in [-0.2, -0.15) is 0 Å². The van der Waals surface area contributed by atoms with E-state index in [1.807, 2.05) is 19.1 Å². The topological polar surface area (TPSA) is 58.1 Å². The Morgan fingerprint density at radius 2 is 2.20 bits per heavy atom. The first-order valence-electron chi connectivity index (χ1n) is 11.0. The van der Waals surface area contributed by atoms with Crippen LogP contribution in [0.15, 0.2) is 30.4 Å². The minimum Gasteiger partial charge on any atom is -0.492 e. The first-order valence-corrected chi connectivity index (χ1v) is 11.0. The van der Waals surface area contributed by atoms with E-state index < -0.39 is 0 Å². The molecule has 5 rings (SSSR count). The van der Waals surface area contributed by atoms with E-state index in [0.717, 1.165) is 34.6 Å². The van der Waals surface area contributed by atoms with Crippen LogP contribution >= 0.6 is 0 Å². The van der Waals surface area contributed by atoms with Gasteiger partial charge in [-0.1, -0.05) is 45.1 Å². The third kappa shape index (κ3) is 2.73. The molecule has 156 valence electrons. The Bertz CT molecular complexity index is 1210. The molecule has 0 radical (unpaired) electrons. The number of nitrogens with zero attached hydrogens (tertiary/aromatic N) is 1. The maximum atomic E-state index is 9.51. The summed E-state index contributed by atoms with van der Waals surface area (Å²) in [5.41, 5.74) is 7.31. The van der Waals surface area contributed by atoms with Crippen LogP contribution in [-0.2, 0) is 11.8 Å². The summed E-state index contributed by atoms with van der Waals surface area (Å²) in [7, 11) is 0. The van der Waals surface area contributed by atoms with Crippen LogP contribution in [0.1, 0.15) is 69.0 Å². The number of nitrogens with one attached hydrogen (secondary N) is 1. The van der Waals surface area contributed by atoms with Gasteiger partial charge in [0.25, 0.3) is 0 Å². The fourth-order valence-corrected chi connectivity index (χ4v) is 5.42. The van der Waals surface area contributed by atoms with E-state index in [0.29, 0.717) is 12.5 Å². The number of hydrogen-bond acceptors (Lipinski definition) is 3. The van der Waals surface area contributed by atoms with Gasteiger partial charge < -0.3 is 14.8 Å². The third-order valence-electron chi connectivity index (χ3n) is 6.87. The quantitative estimate of drug-likeness (QED) is 0.546. The van der Waals surface area contributed by atoms with Gasteiger partial charge in [0.2, 0.25) is 0 Å². The van der Waals surface area contributed by atoms with Crippen LogP contribution in [0, 0.1) is 0 Å². The average molecular weight is 403 g/mol. The molecule has 1 atom stereocenters. The lowest BCUT2D eigenvalue weighted by Gasteiger charge is -2.33. The molecule has 2 aliphatic rings. The molecule has 0 fully saturated rings. The van der Waals surface area contributed by atoms with E-state index in [2.05, 4.69) is 37.9 Å². The maximum absolute atomic E-state index is 9.51. The van der Waals surface area contributed by atoms with Gasteiger partial charge in [0.05, 0.1) is 24.2 Å². The van der Waals surface area contributed by atoms with Gasteiger partial charge in [-0.3, -0.25) is 0 Å². The van der Waals surface area contributed by atoms with Crippen molar-refractivity contribution in [2.75, 3.05) is 13.2 Å². The Morgan fingerprint density at radius 1 is 1.37 bits per heavy atom. The zero-order valence-corrected chi connectivity index (χ0v) is 18.3. The highest BCUT2D eigenvalue weighted by molar-refractivity contribution is 6.12. The summed E-state index contributed by atoms with van der Waals surface area (Å²) in [6.07, 6.45) is 9.28. The number of fused-ring (bicyclic) bond motifs is 8. The summed E-state index contributed by atoms with van der Waals surface area (Å²) in [6.45, 7) is 9.58. The monoisotopic (exact) mass is 402 g/mol. The molecular formula is C26H30N2O2. The van der Waals surface area contributed by atoms with Crippen molar-refractivity contribution in [1.82, 2.24) is 9.97 Å². The lowest BCUT2D eigenvalue weighted by Crippen LogP contribution is -2.23. The zero-order chi connectivity index (χ0) is 21.0. The van der Waals surface area contributed by atoms with Crippen molar-refractivity contribution in [3.63, 3.8) is 0 Å². The van der Waals surface area contributed by atoms with Crippen LogP contribution < -0.4 is 4.74 Å². The number of aliphatic hydroxyl groups is 1. The molecule has 30 heavy (non-hydrogen) atoms. The van der Waals surface area contributed by atoms with E-state index in [1.165, 1.54) is 40.3 Å². The number of ether oxygens (including phenoxy) is 1. The largest absolute Gasteiger partial charge is 0.492 e. The maximum Gasteiger partial charge on any atom is 0.138 e. The number of aryl methyl sites for hydroxylation is 1. The van der Waals surface area contributed by atoms with Crippen molar-refractivity contribution in [3.05, 3.63) is 52.9 Å². The predicted octanol–water partition coefficient (Wildman–Crippen LogP) is 5.78. The highest BCUT2D eigenvalue weighted by Gasteiger charge is 2.33. The van der Waals surface area contributed by atoms with Crippen molar-refractivity contribution in [2.24, 2.45) is 0 Å². The summed E-state index contributed by atoms with van der Waals surface area (Å²) in [5.74, 6) is 2.12. The normalized spacial score (nSPS) is 20.7. The van der Waals surface area contributed by atoms with Crippen LogP contribution in [0.25, 0.3) is 27.4 Å². The fraction of sp³-hybridized carbons (Fsp3) is 0.423. The van der Waals surface area contributed by atoms with Crippen molar-refractivity contribution in [2.45, 2.75) is 58.3 Å². The number of aliphatic hydroxyl groups excluding tert-OH is 1. The Balaban J connectivity index is 1.91. The van der Waals surface area contributed by atoms with Crippen LogP contribution in [0.4, 0.5) is 0 Å². The van der Waals surface area contributed by atoms with Gasteiger partial charge in [0.15, 0.2) is 0 Å². The van der Waals surface area contributed by atoms with Gasteiger partial charge in [-0.15, -0.1) is 0 Å². The second-order valence-corrected chi connectivity index (χ2v) is 9.36. The number of imidazole rings is 1. The molecule has 0 spiro atoms. The second-order valence-electron chi connectivity index (χ2n) is 9.36. The van der Waals surface area contributed by atoms with Crippen LogP contribution in [0.5, 0.6) is 5.75 Å². The molecule has 1 aliphatic heterocycles. The van der Waals surface area contributed by atoms with Crippen molar-refractivity contribution in [3.8, 4) is 5.75 Å². The standard InChI is InChI=1S/C26H30N2O2/c1-5-7-16(11-13-29)25-27-22-20-15(2)14-30-24(20)18-9-10-19-17(21(18)23(22)28-25)8-6-12-26(19,3)4/h5,7,9-11,15,29H,6,8,12-14H2,1-4H3,(H,27,28)/b7-5-,16-11+. The van der Waals surface area contributed by atoms with Crippen molar-refractivity contribution in [1.29, 1.82) is 0 Å². The minimum atomic E-state index is -0.0152. The third-order valence-corrected chi connectivity index (χ3v) is 6.87. The predicted molar refractivity (Wildman–Crippen MR) is 123 cm³/mol. The molecule has 2 N–H and O–H groups in total. The Labute approximate surface area is 177 Å². The van der Waals surface area contributed by atoms with Gasteiger partial charge in [-0.25, -0.2) is 4.98 Å². The lowest BCUT2D eigenvalue weighted by molar-refractivity contribution is 0.340. The molecule has 0 saturated heterocycles. The van der Waals surface area contributed by atoms with Crippen LogP contribution in [0.3, 0.4) is 0 Å². The summed E-state index contributed by atoms with van der Waals surface area (Å²) in [4.78, 5) is 8.68. The number of H-pyrrole nitrogens is 1. The molecule has 0 bridgehead atoms. The summed E-state index contributed by atoms with van der Waals surface area (Å²) in [5, 5.41) is 12.0. The molecule has 4 heteroatoms. The number of hydrogen-bond donors (Lipinski definition) is 2. The van der Waals surface area contributed by atoms with Gasteiger partial charge >= 0.3 is 0 Å². The number of rotatable bonds is 3. The molecule has 0 amide bonds. The Hall–Kier alpha value is -2.59. The summed E-state index contributed by atoms with van der Waals surface area (Å²) in [6, 6.07) is 4.58. The molecule has 1 aliphatic carbocycles. The van der Waals surface area contributed by atoms with E-state index in [4.69, 9.17) is 9.72 Å². The Kier molecular flexibility index (Phi) is 4.51. The SMILES string of the molecule is C/C=C\C(=C/CO)c1nc2c3c(c4ccc5c(c4c2[nH]1)CCCC5(C)C)OCC3C. The van der Waals surface area contributed by atoms with Gasteiger partial charge in [0, 0.05) is 27.8 Å². The van der Waals surface area contributed by atoms with Gasteiger partial charge in [0.1, 0.15) is 11.6 Å². The molecule has 2 heterocycles. The molecule has 0 saturated carbocycles. The summed E-state index contributed by atoms with van der Waals surface area (Å²) >= 11 is 0. The number of allylic oxidation sites excluding steroid dienone is 3. The van der Waals surface area contributed by atoms with E-state index >= 15 is 0 Å². The summed E-state index contributed by atoms with van der Waals surface area (Å²) < 4.78 is 6.22. The molecule has 1 aromatic heterocycles. The van der Waals surface area contributed by atoms with E-state index in [-0.39, 0.29) is 12.0 Å². The van der Waals surface area contributed by atoms with Crippen molar-refractivity contribution >= 4 is 27.4 Å². The first kappa shape index (κ1) is 19.4. The first-order chi connectivity index (χ1) is 14.5. The molecule has 4 nitrogen and oxygen atoms in total. The molecular weight excluding hydrogens is 372 g/mol. The lowest BCUT2D eigenvalue weighted by atomic mass is 9.71. The number of benzene rings is 2. The number of aromatic amines is 1. The van der Waals surface area contributed by atoms with E-state index in [9.17, 15) is 5.11 Å². The second kappa shape index (κ2) is 6.98. The van der Waals surface area contributed by atoms with Crippen LogP contribution in [0.2, 0.25) is 0 Å². The zero-order valence-electron chi connectivity index (χ0n) is 18.3. The fourth-order valence-electron chi connectivity index (χ4n) is 5.42. The van der Waals surface area contributed by atoms with E-state index in [1.54, 1.807) is 6.08 Å². The minimum absolute atomic E-state index is 0.0152.